The highest BCUT2D eigenvalue weighted by Gasteiger charge is 2.67. The predicted octanol–water partition coefficient (Wildman–Crippen LogP) is 0.791. The highest BCUT2D eigenvalue weighted by Crippen LogP contribution is 2.36. The molecular weight excluding hydrogens is 193 g/mol. The molecule has 0 aliphatic rings. The molecule has 0 aromatic heterocycles. The van der Waals surface area contributed by atoms with E-state index in [1.54, 1.807) is 0 Å². The van der Waals surface area contributed by atoms with Crippen molar-refractivity contribution in [2.75, 3.05) is 0 Å². The van der Waals surface area contributed by atoms with Gasteiger partial charge in [-0.2, -0.15) is 22.0 Å². The third-order valence-corrected chi connectivity index (χ3v) is 0.912. The second-order valence-electron chi connectivity index (χ2n) is 1.68. The molecule has 9 heteroatoms. The van der Waals surface area contributed by atoms with Crippen LogP contribution in [0.4, 0.5) is 22.0 Å². The summed E-state index contributed by atoms with van der Waals surface area (Å²) in [4.78, 5) is 9.43. The average molecular weight is 195 g/mol. The van der Waals surface area contributed by atoms with E-state index in [1.807, 2.05) is 0 Å². The number of rotatable bonds is 2. The molecule has 0 radical (unpaired) electrons. The summed E-state index contributed by atoms with van der Waals surface area (Å²) in [7, 11) is 0. The maximum Gasteiger partial charge on any atom is 0.452 e. The predicted molar refractivity (Wildman–Crippen MR) is 21.4 cm³/mol. The Morgan fingerprint density at radius 1 is 1.17 bits per heavy atom. The molecule has 0 heterocycles. The molecule has 1 atom stereocenters. The van der Waals surface area contributed by atoms with Crippen LogP contribution in [0.15, 0.2) is 0 Å². The summed E-state index contributed by atoms with van der Waals surface area (Å²) >= 11 is 0. The van der Waals surface area contributed by atoms with Crippen molar-refractivity contribution in [1.29, 1.82) is 0 Å². The van der Waals surface area contributed by atoms with E-state index in [2.05, 4.69) is 0 Å². The Hall–Kier alpha value is -0.800. The minimum atomic E-state index is -6.07. The van der Waals surface area contributed by atoms with Crippen LogP contribution in [0.25, 0.3) is 0 Å². The smallest absolute Gasteiger partial charge is 0.286 e. The van der Waals surface area contributed by atoms with Gasteiger partial charge in [0.1, 0.15) is 0 Å². The van der Waals surface area contributed by atoms with Crippen LogP contribution in [0.5, 0.6) is 0 Å². The minimum Gasteiger partial charge on any atom is -0.286 e. The number of halogens is 5. The highest BCUT2D eigenvalue weighted by atomic mass is 19.4. The van der Waals surface area contributed by atoms with Crippen LogP contribution >= 0.6 is 0 Å². The van der Waals surface area contributed by atoms with Crippen LogP contribution in [0.1, 0.15) is 0 Å². The lowest BCUT2D eigenvalue weighted by molar-refractivity contribution is -0.438. The molecule has 0 rings (SSSR count). The molecule has 0 bridgehead atoms. The Morgan fingerprint density at radius 2 is 1.50 bits per heavy atom. The van der Waals surface area contributed by atoms with E-state index in [4.69, 9.17) is 10.4 Å². The molecule has 12 heavy (non-hydrogen) atoms. The van der Waals surface area contributed by atoms with Crippen molar-refractivity contribution < 1.29 is 37.2 Å². The van der Waals surface area contributed by atoms with E-state index >= 15 is 0 Å². The molecule has 0 fully saturated rings. The van der Waals surface area contributed by atoms with Crippen molar-refractivity contribution in [3.05, 3.63) is 0 Å². The third kappa shape index (κ3) is 1.52. The summed E-state index contributed by atoms with van der Waals surface area (Å²) in [5.74, 6) is -5.42. The topological polar surface area (TPSA) is 60.8 Å². The molecule has 0 aromatic rings. The Balaban J connectivity index is 5.02. The zero-order valence-corrected chi connectivity index (χ0v) is 5.14. The van der Waals surface area contributed by atoms with Crippen molar-refractivity contribution in [3.63, 3.8) is 0 Å². The largest absolute Gasteiger partial charge is 0.452 e. The van der Waals surface area contributed by atoms with Crippen LogP contribution in [0.2, 0.25) is 0 Å². The first-order valence-corrected chi connectivity index (χ1v) is 2.27. The SMILES string of the molecule is O=C(F)[C@@](F)(N(O)O)C(F)(F)F. The zero-order valence-electron chi connectivity index (χ0n) is 5.14. The Labute approximate surface area is 61.7 Å². The molecule has 0 aromatic carbocycles. The average Bonchev–Trinajstić information content (AvgIpc) is 1.82. The van der Waals surface area contributed by atoms with Crippen LogP contribution < -0.4 is 0 Å². The summed E-state index contributed by atoms with van der Waals surface area (Å²) in [6.45, 7) is 0. The first-order chi connectivity index (χ1) is 5.14. The van der Waals surface area contributed by atoms with Gasteiger partial charge in [0, 0.05) is 0 Å². The van der Waals surface area contributed by atoms with Gasteiger partial charge in [-0.05, 0) is 5.23 Å². The molecular formula is C3H2F5NO3. The molecule has 4 nitrogen and oxygen atoms in total. The van der Waals surface area contributed by atoms with Crippen LogP contribution in [0.3, 0.4) is 0 Å². The van der Waals surface area contributed by atoms with Crippen molar-refractivity contribution in [1.82, 2.24) is 5.23 Å². The standard InChI is InChI=1S/C3H2F5NO3/c4-1(10)2(5,9(11)12)3(6,7)8/h11-12H/t2-/m1/s1. The fourth-order valence-corrected chi connectivity index (χ4v) is 0.303. The molecule has 0 amide bonds. The summed E-state index contributed by atoms with van der Waals surface area (Å²) in [6, 6.07) is -3.57. The van der Waals surface area contributed by atoms with Gasteiger partial charge in [0.05, 0.1) is 0 Å². The van der Waals surface area contributed by atoms with Gasteiger partial charge >= 0.3 is 18.0 Å². The molecule has 2 N–H and O–H groups in total. The zero-order chi connectivity index (χ0) is 10.2. The van der Waals surface area contributed by atoms with Crippen molar-refractivity contribution in [2.45, 2.75) is 12.0 Å². The maximum absolute atomic E-state index is 12.1. The van der Waals surface area contributed by atoms with Gasteiger partial charge in [-0.25, -0.2) is 0 Å². The lowest BCUT2D eigenvalue weighted by atomic mass is 10.3. The van der Waals surface area contributed by atoms with Gasteiger partial charge in [0.25, 0.3) is 0 Å². The number of hydrogen-bond donors (Lipinski definition) is 2. The van der Waals surface area contributed by atoms with Crippen molar-refractivity contribution in [2.24, 2.45) is 0 Å². The number of alkyl halides is 4. The van der Waals surface area contributed by atoms with E-state index in [0.29, 0.717) is 0 Å². The fraction of sp³-hybridized carbons (Fsp3) is 0.667. The van der Waals surface area contributed by atoms with Gasteiger partial charge < -0.3 is 0 Å². The summed E-state index contributed by atoms with van der Waals surface area (Å²) < 4.78 is 57.7. The van der Waals surface area contributed by atoms with Crippen LogP contribution in [-0.2, 0) is 4.79 Å². The minimum absolute atomic E-state index is 2.17. The second kappa shape index (κ2) is 2.92. The van der Waals surface area contributed by atoms with Gasteiger partial charge in [0.2, 0.25) is 0 Å². The molecule has 0 aliphatic carbocycles. The fourth-order valence-electron chi connectivity index (χ4n) is 0.303. The lowest BCUT2D eigenvalue weighted by Crippen LogP contribution is -2.57. The molecule has 0 saturated carbocycles. The number of hydrogen-bond acceptors (Lipinski definition) is 4. The number of carbonyl (C=O) groups is 1. The summed E-state index contributed by atoms with van der Waals surface area (Å²) in [6.07, 6.45) is -6.07. The first-order valence-electron chi connectivity index (χ1n) is 2.27. The van der Waals surface area contributed by atoms with Gasteiger partial charge in [-0.15, -0.1) is 0 Å². The maximum atomic E-state index is 12.1. The number of carbonyl (C=O) groups excluding carboxylic acids is 1. The molecule has 0 saturated heterocycles. The van der Waals surface area contributed by atoms with E-state index in [-0.39, 0.29) is 0 Å². The summed E-state index contributed by atoms with van der Waals surface area (Å²) in [5.41, 5.74) is 0. The number of nitrogens with zero attached hydrogens (tertiary/aromatic N) is 1. The normalized spacial score (nSPS) is 17.7. The lowest BCUT2D eigenvalue weighted by Gasteiger charge is -2.24. The van der Waals surface area contributed by atoms with E-state index < -0.39 is 23.2 Å². The van der Waals surface area contributed by atoms with E-state index in [0.717, 1.165) is 0 Å². The second-order valence-corrected chi connectivity index (χ2v) is 1.68. The highest BCUT2D eigenvalue weighted by molar-refractivity contribution is 5.78. The summed E-state index contributed by atoms with van der Waals surface area (Å²) in [5, 5.41) is 13.0. The Kier molecular flexibility index (Phi) is 2.72. The van der Waals surface area contributed by atoms with Gasteiger partial charge in [-0.1, -0.05) is 0 Å². The van der Waals surface area contributed by atoms with Crippen molar-refractivity contribution in [3.8, 4) is 0 Å². The van der Waals surface area contributed by atoms with Crippen molar-refractivity contribution >= 4 is 6.04 Å². The quantitative estimate of drug-likeness (QED) is 0.296. The number of hydroxylamine groups is 2. The molecule has 0 aliphatic heterocycles. The monoisotopic (exact) mass is 195 g/mol. The van der Waals surface area contributed by atoms with E-state index in [9.17, 15) is 26.7 Å². The molecule has 0 unspecified atom stereocenters. The van der Waals surface area contributed by atoms with Gasteiger partial charge in [0.15, 0.2) is 0 Å². The molecule has 0 spiro atoms. The van der Waals surface area contributed by atoms with Crippen LogP contribution in [0, 0.1) is 0 Å². The first kappa shape index (κ1) is 11.2. The Morgan fingerprint density at radius 3 is 1.50 bits per heavy atom. The van der Waals surface area contributed by atoms with Crippen LogP contribution in [-0.4, -0.2) is 33.6 Å². The van der Waals surface area contributed by atoms with Gasteiger partial charge in [-0.3, -0.25) is 15.2 Å². The Bertz CT molecular complexity index is 191. The van der Waals surface area contributed by atoms with E-state index in [1.165, 1.54) is 0 Å². The third-order valence-electron chi connectivity index (χ3n) is 0.912. The molecule has 72 valence electrons.